The standard InChI is InChI=1S/C15H23NO4S/c1-19-13-8-7-12(15(11-13)20-2)9-10-16-21(17,18)14-5-3-4-6-14/h7-8,11,14,16H,3-6,9-10H2,1-2H3. The molecular weight excluding hydrogens is 290 g/mol. The van der Waals surface area contributed by atoms with Crippen molar-refractivity contribution in [2.45, 2.75) is 37.4 Å². The Balaban J connectivity index is 1.94. The molecule has 0 aromatic heterocycles. The van der Waals surface area contributed by atoms with Gasteiger partial charge in [0.1, 0.15) is 11.5 Å². The molecule has 0 amide bonds. The van der Waals surface area contributed by atoms with E-state index in [4.69, 9.17) is 9.47 Å². The molecule has 1 aliphatic rings. The maximum atomic E-state index is 12.1. The molecule has 0 unspecified atom stereocenters. The lowest BCUT2D eigenvalue weighted by Gasteiger charge is -2.14. The molecule has 0 atom stereocenters. The Hall–Kier alpha value is -1.27. The zero-order valence-electron chi connectivity index (χ0n) is 12.6. The van der Waals surface area contributed by atoms with Crippen molar-refractivity contribution in [2.24, 2.45) is 0 Å². The zero-order valence-corrected chi connectivity index (χ0v) is 13.4. The smallest absolute Gasteiger partial charge is 0.214 e. The molecule has 1 fully saturated rings. The molecule has 0 bridgehead atoms. The summed E-state index contributed by atoms with van der Waals surface area (Å²) in [5, 5.41) is -0.213. The van der Waals surface area contributed by atoms with Gasteiger partial charge in [-0.15, -0.1) is 0 Å². The molecule has 0 saturated heterocycles. The van der Waals surface area contributed by atoms with E-state index in [1.807, 2.05) is 12.1 Å². The van der Waals surface area contributed by atoms with E-state index in [2.05, 4.69) is 4.72 Å². The molecule has 118 valence electrons. The fraction of sp³-hybridized carbons (Fsp3) is 0.600. The van der Waals surface area contributed by atoms with Crippen molar-refractivity contribution in [1.82, 2.24) is 4.72 Å². The topological polar surface area (TPSA) is 64.6 Å². The number of hydrogen-bond donors (Lipinski definition) is 1. The molecule has 1 aliphatic carbocycles. The second-order valence-corrected chi connectivity index (χ2v) is 7.32. The van der Waals surface area contributed by atoms with Crippen molar-refractivity contribution < 1.29 is 17.9 Å². The normalized spacial score (nSPS) is 16.1. The average molecular weight is 313 g/mol. The third kappa shape index (κ3) is 4.11. The average Bonchev–Trinajstić information content (AvgIpc) is 3.02. The Kier molecular flexibility index (Phi) is 5.47. The predicted octanol–water partition coefficient (Wildman–Crippen LogP) is 2.11. The molecule has 6 heteroatoms. The van der Waals surface area contributed by atoms with Gasteiger partial charge < -0.3 is 9.47 Å². The highest BCUT2D eigenvalue weighted by molar-refractivity contribution is 7.90. The van der Waals surface area contributed by atoms with Crippen LogP contribution >= 0.6 is 0 Å². The molecule has 0 aliphatic heterocycles. The fourth-order valence-electron chi connectivity index (χ4n) is 2.70. The summed E-state index contributed by atoms with van der Waals surface area (Å²) in [7, 11) is 0.0215. The van der Waals surface area contributed by atoms with E-state index in [1.165, 1.54) is 0 Å². The summed E-state index contributed by atoms with van der Waals surface area (Å²) < 4.78 is 37.4. The van der Waals surface area contributed by atoms with Crippen LogP contribution in [0.4, 0.5) is 0 Å². The van der Waals surface area contributed by atoms with Crippen LogP contribution in [-0.4, -0.2) is 34.4 Å². The largest absolute Gasteiger partial charge is 0.497 e. The van der Waals surface area contributed by atoms with Gasteiger partial charge in [-0.05, 0) is 30.9 Å². The second-order valence-electron chi connectivity index (χ2n) is 5.27. The third-order valence-corrected chi connectivity index (χ3v) is 5.89. The molecule has 1 N–H and O–H groups in total. The van der Waals surface area contributed by atoms with Crippen LogP contribution in [0.15, 0.2) is 18.2 Å². The van der Waals surface area contributed by atoms with Crippen LogP contribution in [0, 0.1) is 0 Å². The molecule has 0 heterocycles. The molecule has 0 spiro atoms. The van der Waals surface area contributed by atoms with E-state index in [1.54, 1.807) is 20.3 Å². The van der Waals surface area contributed by atoms with Crippen LogP contribution in [0.3, 0.4) is 0 Å². The first kappa shape index (κ1) is 16.1. The van der Waals surface area contributed by atoms with Crippen molar-refractivity contribution >= 4 is 10.0 Å². The van der Waals surface area contributed by atoms with Gasteiger partial charge in [-0.25, -0.2) is 13.1 Å². The molecule has 0 radical (unpaired) electrons. The van der Waals surface area contributed by atoms with E-state index in [0.29, 0.717) is 13.0 Å². The van der Waals surface area contributed by atoms with Crippen LogP contribution in [-0.2, 0) is 16.4 Å². The summed E-state index contributed by atoms with van der Waals surface area (Å²) in [6.45, 7) is 0.390. The lowest BCUT2D eigenvalue weighted by Crippen LogP contribution is -2.34. The Bertz CT molecular complexity index is 565. The minimum atomic E-state index is -3.18. The fourth-order valence-corrected chi connectivity index (χ4v) is 4.28. The van der Waals surface area contributed by atoms with Crippen LogP contribution in [0.1, 0.15) is 31.2 Å². The quantitative estimate of drug-likeness (QED) is 0.837. The molecule has 5 nitrogen and oxygen atoms in total. The number of methoxy groups -OCH3 is 2. The summed E-state index contributed by atoms with van der Waals surface area (Å²) in [6.07, 6.45) is 4.18. The number of rotatable bonds is 7. The Morgan fingerprint density at radius 2 is 1.90 bits per heavy atom. The van der Waals surface area contributed by atoms with Gasteiger partial charge >= 0.3 is 0 Å². The second kappa shape index (κ2) is 7.13. The monoisotopic (exact) mass is 313 g/mol. The Morgan fingerprint density at radius 1 is 1.19 bits per heavy atom. The van der Waals surface area contributed by atoms with Crippen LogP contribution in [0.2, 0.25) is 0 Å². The number of ether oxygens (including phenoxy) is 2. The van der Waals surface area contributed by atoms with Crippen molar-refractivity contribution in [3.63, 3.8) is 0 Å². The van der Waals surface area contributed by atoms with E-state index in [9.17, 15) is 8.42 Å². The molecule has 1 aromatic rings. The highest BCUT2D eigenvalue weighted by Crippen LogP contribution is 2.26. The lowest BCUT2D eigenvalue weighted by atomic mass is 10.1. The predicted molar refractivity (Wildman–Crippen MR) is 82.4 cm³/mol. The molecular formula is C15H23NO4S. The van der Waals surface area contributed by atoms with Crippen LogP contribution in [0.5, 0.6) is 11.5 Å². The highest BCUT2D eigenvalue weighted by Gasteiger charge is 2.28. The maximum Gasteiger partial charge on any atom is 0.214 e. The van der Waals surface area contributed by atoms with Crippen molar-refractivity contribution in [2.75, 3.05) is 20.8 Å². The first-order valence-electron chi connectivity index (χ1n) is 7.26. The number of nitrogens with one attached hydrogen (secondary N) is 1. The molecule has 21 heavy (non-hydrogen) atoms. The lowest BCUT2D eigenvalue weighted by molar-refractivity contribution is 0.391. The minimum Gasteiger partial charge on any atom is -0.497 e. The summed E-state index contributed by atoms with van der Waals surface area (Å²) in [5.74, 6) is 1.44. The van der Waals surface area contributed by atoms with Crippen molar-refractivity contribution in [3.8, 4) is 11.5 Å². The van der Waals surface area contributed by atoms with Gasteiger partial charge in [0, 0.05) is 12.6 Å². The Labute approximate surface area is 126 Å². The van der Waals surface area contributed by atoms with E-state index < -0.39 is 10.0 Å². The van der Waals surface area contributed by atoms with Gasteiger partial charge in [0.05, 0.1) is 19.5 Å². The van der Waals surface area contributed by atoms with E-state index in [0.717, 1.165) is 42.7 Å². The Morgan fingerprint density at radius 3 is 2.52 bits per heavy atom. The maximum absolute atomic E-state index is 12.1. The number of sulfonamides is 1. The van der Waals surface area contributed by atoms with Crippen LogP contribution < -0.4 is 14.2 Å². The number of hydrogen-bond acceptors (Lipinski definition) is 4. The van der Waals surface area contributed by atoms with Gasteiger partial charge in [-0.3, -0.25) is 0 Å². The van der Waals surface area contributed by atoms with Gasteiger partial charge in [-0.2, -0.15) is 0 Å². The van der Waals surface area contributed by atoms with Gasteiger partial charge in [0.2, 0.25) is 10.0 Å². The summed E-state index contributed by atoms with van der Waals surface area (Å²) in [6, 6.07) is 5.56. The van der Waals surface area contributed by atoms with Crippen molar-refractivity contribution in [1.29, 1.82) is 0 Å². The van der Waals surface area contributed by atoms with Crippen molar-refractivity contribution in [3.05, 3.63) is 23.8 Å². The van der Waals surface area contributed by atoms with Gasteiger partial charge in [-0.1, -0.05) is 18.9 Å². The zero-order chi connectivity index (χ0) is 15.3. The molecule has 1 saturated carbocycles. The van der Waals surface area contributed by atoms with Crippen LogP contribution in [0.25, 0.3) is 0 Å². The molecule has 2 rings (SSSR count). The first-order valence-corrected chi connectivity index (χ1v) is 8.81. The molecule has 1 aromatic carbocycles. The highest BCUT2D eigenvalue weighted by atomic mass is 32.2. The van der Waals surface area contributed by atoms with E-state index in [-0.39, 0.29) is 5.25 Å². The first-order chi connectivity index (χ1) is 10.1. The summed E-state index contributed by atoms with van der Waals surface area (Å²) in [4.78, 5) is 0. The minimum absolute atomic E-state index is 0.213. The summed E-state index contributed by atoms with van der Waals surface area (Å²) >= 11 is 0. The van der Waals surface area contributed by atoms with Gasteiger partial charge in [0.15, 0.2) is 0 Å². The van der Waals surface area contributed by atoms with E-state index >= 15 is 0 Å². The summed E-state index contributed by atoms with van der Waals surface area (Å²) in [5.41, 5.74) is 0.965. The number of benzene rings is 1. The SMILES string of the molecule is COc1ccc(CCNS(=O)(=O)C2CCCC2)c(OC)c1. The third-order valence-electron chi connectivity index (χ3n) is 3.93. The van der Waals surface area contributed by atoms with Gasteiger partial charge in [0.25, 0.3) is 0 Å².